The number of methoxy groups -OCH3 is 1. The summed E-state index contributed by atoms with van der Waals surface area (Å²) in [5, 5.41) is 12.1. The Balaban J connectivity index is 1.95. The van der Waals surface area contributed by atoms with Gasteiger partial charge in [-0.05, 0) is 51.5 Å². The van der Waals surface area contributed by atoms with Gasteiger partial charge in [0.15, 0.2) is 11.0 Å². The number of benzene rings is 1. The van der Waals surface area contributed by atoms with Crippen LogP contribution in [0.4, 0.5) is 5.69 Å². The molecule has 1 aromatic heterocycles. The Morgan fingerprint density at radius 2 is 1.83 bits per heavy atom. The molecule has 1 amide bonds. The van der Waals surface area contributed by atoms with Gasteiger partial charge in [-0.15, -0.1) is 10.2 Å². The third-order valence-corrected chi connectivity index (χ3v) is 5.69. The minimum absolute atomic E-state index is 0.0966. The second-order valence-corrected chi connectivity index (χ2v) is 7.53. The van der Waals surface area contributed by atoms with Gasteiger partial charge >= 0.3 is 5.97 Å². The van der Waals surface area contributed by atoms with E-state index in [1.54, 1.807) is 0 Å². The van der Waals surface area contributed by atoms with E-state index in [9.17, 15) is 9.59 Å². The van der Waals surface area contributed by atoms with Crippen LogP contribution in [0, 0.1) is 0 Å². The van der Waals surface area contributed by atoms with E-state index < -0.39 is 0 Å². The molecule has 2 rings (SSSR count). The molecule has 0 aliphatic rings. The smallest absolute Gasteiger partial charge is 0.305 e. The largest absolute Gasteiger partial charge is 0.469 e. The zero-order valence-corrected chi connectivity index (χ0v) is 19.0. The average Bonchev–Trinajstić information content (AvgIpc) is 3.19. The fraction of sp³-hybridized carbons (Fsp3) is 0.524. The van der Waals surface area contributed by atoms with Gasteiger partial charge in [0.25, 0.3) is 0 Å². The summed E-state index contributed by atoms with van der Waals surface area (Å²) >= 11 is 1.36. The van der Waals surface area contributed by atoms with Crippen molar-refractivity contribution in [2.24, 2.45) is 0 Å². The zero-order valence-electron chi connectivity index (χ0n) is 18.2. The highest BCUT2D eigenvalue weighted by Crippen LogP contribution is 2.26. The van der Waals surface area contributed by atoms with Crippen molar-refractivity contribution in [2.45, 2.75) is 45.3 Å². The summed E-state index contributed by atoms with van der Waals surface area (Å²) in [4.78, 5) is 25.4. The van der Waals surface area contributed by atoms with Crippen LogP contribution in [-0.4, -0.2) is 59.1 Å². The number of ether oxygens (including phenoxy) is 1. The molecule has 0 atom stereocenters. The molecule has 1 heterocycles. The number of carbonyl (C=O) groups excluding carboxylic acids is 2. The Morgan fingerprint density at radius 3 is 2.43 bits per heavy atom. The summed E-state index contributed by atoms with van der Waals surface area (Å²) in [5.41, 5.74) is 2.18. The van der Waals surface area contributed by atoms with Crippen molar-refractivity contribution < 1.29 is 14.3 Å². The number of esters is 1. The number of nitrogens with one attached hydrogen (secondary N) is 1. The van der Waals surface area contributed by atoms with Crippen LogP contribution in [0.3, 0.4) is 0 Å². The van der Waals surface area contributed by atoms with Crippen LogP contribution in [0.25, 0.3) is 11.4 Å². The van der Waals surface area contributed by atoms with Gasteiger partial charge in [-0.2, -0.15) is 0 Å². The second kappa shape index (κ2) is 12.2. The van der Waals surface area contributed by atoms with Crippen LogP contribution < -0.4 is 10.2 Å². The Labute approximate surface area is 182 Å². The molecule has 8 nitrogen and oxygen atoms in total. The van der Waals surface area contributed by atoms with Gasteiger partial charge in [0.05, 0.1) is 12.9 Å². The molecule has 30 heavy (non-hydrogen) atoms. The number of thioether (sulfide) groups is 1. The van der Waals surface area contributed by atoms with Crippen LogP contribution in [-0.2, 0) is 20.9 Å². The number of carbonyl (C=O) groups is 2. The van der Waals surface area contributed by atoms with Gasteiger partial charge in [0.1, 0.15) is 0 Å². The van der Waals surface area contributed by atoms with E-state index >= 15 is 0 Å². The van der Waals surface area contributed by atoms with Crippen molar-refractivity contribution in [3.8, 4) is 11.4 Å². The maximum absolute atomic E-state index is 12.1. The molecule has 1 N–H and O–H groups in total. The summed E-state index contributed by atoms with van der Waals surface area (Å²) in [5.74, 6) is 0.676. The summed E-state index contributed by atoms with van der Waals surface area (Å²) < 4.78 is 6.60. The highest BCUT2D eigenvalue weighted by molar-refractivity contribution is 7.99. The average molecular weight is 434 g/mol. The summed E-state index contributed by atoms with van der Waals surface area (Å²) in [7, 11) is 1.36. The first kappa shape index (κ1) is 23.7. The van der Waals surface area contributed by atoms with Gasteiger partial charge in [0.2, 0.25) is 5.91 Å². The lowest BCUT2D eigenvalue weighted by Crippen LogP contribution is -2.26. The molecule has 0 aliphatic carbocycles. The predicted molar refractivity (Wildman–Crippen MR) is 120 cm³/mol. The quantitative estimate of drug-likeness (QED) is 0.313. The van der Waals surface area contributed by atoms with E-state index in [0.29, 0.717) is 31.1 Å². The Kier molecular flexibility index (Phi) is 9.66. The lowest BCUT2D eigenvalue weighted by atomic mass is 10.2. The van der Waals surface area contributed by atoms with E-state index in [1.807, 2.05) is 11.5 Å². The first-order chi connectivity index (χ1) is 14.5. The van der Waals surface area contributed by atoms with Crippen molar-refractivity contribution in [2.75, 3.05) is 37.4 Å². The lowest BCUT2D eigenvalue weighted by molar-refractivity contribution is -0.140. The summed E-state index contributed by atoms with van der Waals surface area (Å²) in [6, 6.07) is 8.33. The van der Waals surface area contributed by atoms with E-state index in [4.69, 9.17) is 0 Å². The first-order valence-electron chi connectivity index (χ1n) is 10.3. The van der Waals surface area contributed by atoms with E-state index in [1.165, 1.54) is 24.6 Å². The molecule has 0 saturated carbocycles. The Bertz CT molecular complexity index is 819. The molecule has 0 spiro atoms. The van der Waals surface area contributed by atoms with Crippen molar-refractivity contribution in [1.82, 2.24) is 20.1 Å². The third-order valence-electron chi connectivity index (χ3n) is 4.73. The zero-order chi connectivity index (χ0) is 21.9. The van der Waals surface area contributed by atoms with Gasteiger partial charge in [-0.1, -0.05) is 11.8 Å². The van der Waals surface area contributed by atoms with Gasteiger partial charge in [-0.3, -0.25) is 9.59 Å². The Morgan fingerprint density at radius 1 is 1.13 bits per heavy atom. The number of aromatic nitrogens is 3. The van der Waals surface area contributed by atoms with Crippen LogP contribution >= 0.6 is 11.8 Å². The molecular formula is C21H31N5O3S. The SMILES string of the molecule is CCN(CC)c1ccc(-c2nnc(SCC(=O)NCCCC(=O)OC)n2CC)cc1. The molecular weight excluding hydrogens is 402 g/mol. The van der Waals surface area contributed by atoms with E-state index in [0.717, 1.165) is 24.5 Å². The van der Waals surface area contributed by atoms with Crippen molar-refractivity contribution in [3.05, 3.63) is 24.3 Å². The van der Waals surface area contributed by atoms with Crippen LogP contribution in [0.5, 0.6) is 0 Å². The number of anilines is 1. The first-order valence-corrected chi connectivity index (χ1v) is 11.3. The molecule has 2 aromatic rings. The topological polar surface area (TPSA) is 89.3 Å². The number of amides is 1. The fourth-order valence-corrected chi connectivity index (χ4v) is 3.88. The Hall–Kier alpha value is -2.55. The van der Waals surface area contributed by atoms with Crippen molar-refractivity contribution in [3.63, 3.8) is 0 Å². The third kappa shape index (κ3) is 6.48. The number of hydrogen-bond acceptors (Lipinski definition) is 7. The van der Waals surface area contributed by atoms with E-state index in [2.05, 4.69) is 63.3 Å². The van der Waals surface area contributed by atoms with Gasteiger partial charge in [-0.25, -0.2) is 0 Å². The van der Waals surface area contributed by atoms with Crippen LogP contribution in [0.2, 0.25) is 0 Å². The standard InChI is InChI=1S/C21H31N5O3S/c1-5-25(6-2)17-12-10-16(11-13-17)20-23-24-21(26(20)7-3)30-15-18(27)22-14-8-9-19(28)29-4/h10-13H,5-9,14-15H2,1-4H3,(H,22,27). The second-order valence-electron chi connectivity index (χ2n) is 6.59. The highest BCUT2D eigenvalue weighted by atomic mass is 32.2. The molecule has 0 fully saturated rings. The minimum Gasteiger partial charge on any atom is -0.469 e. The summed E-state index contributed by atoms with van der Waals surface area (Å²) in [6.07, 6.45) is 0.854. The highest BCUT2D eigenvalue weighted by Gasteiger charge is 2.15. The molecule has 0 saturated heterocycles. The maximum Gasteiger partial charge on any atom is 0.305 e. The van der Waals surface area contributed by atoms with E-state index in [-0.39, 0.29) is 17.6 Å². The van der Waals surface area contributed by atoms with Crippen molar-refractivity contribution >= 4 is 29.3 Å². The molecule has 0 radical (unpaired) electrons. The van der Waals surface area contributed by atoms with Crippen LogP contribution in [0.15, 0.2) is 29.4 Å². The number of rotatable bonds is 12. The van der Waals surface area contributed by atoms with Gasteiger partial charge in [0, 0.05) is 43.9 Å². The molecule has 9 heteroatoms. The molecule has 0 unspecified atom stereocenters. The summed E-state index contributed by atoms with van der Waals surface area (Å²) in [6.45, 7) is 9.41. The minimum atomic E-state index is -0.271. The number of hydrogen-bond donors (Lipinski definition) is 1. The molecule has 0 aliphatic heterocycles. The normalized spacial score (nSPS) is 10.7. The monoisotopic (exact) mass is 433 g/mol. The molecule has 1 aromatic carbocycles. The van der Waals surface area contributed by atoms with Crippen molar-refractivity contribution in [1.29, 1.82) is 0 Å². The van der Waals surface area contributed by atoms with Crippen LogP contribution in [0.1, 0.15) is 33.6 Å². The molecule has 164 valence electrons. The predicted octanol–water partition coefficient (Wildman–Crippen LogP) is 2.97. The van der Waals surface area contributed by atoms with Gasteiger partial charge < -0.3 is 19.5 Å². The maximum atomic E-state index is 12.1. The fourth-order valence-electron chi connectivity index (χ4n) is 3.05. The molecule has 0 bridgehead atoms. The lowest BCUT2D eigenvalue weighted by Gasteiger charge is -2.21. The number of nitrogens with zero attached hydrogens (tertiary/aromatic N) is 4.